The number of rotatable bonds is 5. The molecule has 0 atom stereocenters. The third kappa shape index (κ3) is 3.13. The SMILES string of the molecule is COc1ccc(C(=O)c2cc(Br)ccc2C=O)cc1OC. The van der Waals surface area contributed by atoms with E-state index in [4.69, 9.17) is 9.47 Å². The lowest BCUT2D eigenvalue weighted by Gasteiger charge is -2.10. The first-order chi connectivity index (χ1) is 10.1. The summed E-state index contributed by atoms with van der Waals surface area (Å²) in [4.78, 5) is 23.7. The summed E-state index contributed by atoms with van der Waals surface area (Å²) in [6, 6.07) is 9.84. The zero-order valence-corrected chi connectivity index (χ0v) is 13.1. The molecule has 0 amide bonds. The summed E-state index contributed by atoms with van der Waals surface area (Å²) >= 11 is 3.30. The van der Waals surface area contributed by atoms with E-state index in [0.717, 1.165) is 4.47 Å². The Labute approximate surface area is 130 Å². The molecule has 0 N–H and O–H groups in total. The molecule has 0 aliphatic heterocycles. The van der Waals surface area contributed by atoms with E-state index in [0.29, 0.717) is 34.5 Å². The minimum absolute atomic E-state index is 0.251. The minimum Gasteiger partial charge on any atom is -0.493 e. The third-order valence-corrected chi connectivity index (χ3v) is 3.53. The van der Waals surface area contributed by atoms with Gasteiger partial charge in [0.05, 0.1) is 14.2 Å². The zero-order chi connectivity index (χ0) is 15.4. The van der Waals surface area contributed by atoms with Gasteiger partial charge in [-0.3, -0.25) is 9.59 Å². The molecular formula is C16H13BrO4. The van der Waals surface area contributed by atoms with Crippen LogP contribution >= 0.6 is 15.9 Å². The van der Waals surface area contributed by atoms with E-state index >= 15 is 0 Å². The van der Waals surface area contributed by atoms with E-state index in [1.54, 1.807) is 36.4 Å². The first-order valence-corrected chi connectivity index (χ1v) is 6.91. The molecule has 2 aromatic carbocycles. The van der Waals surface area contributed by atoms with E-state index < -0.39 is 0 Å². The monoisotopic (exact) mass is 348 g/mol. The maximum Gasteiger partial charge on any atom is 0.193 e. The molecule has 4 nitrogen and oxygen atoms in total. The fourth-order valence-electron chi connectivity index (χ4n) is 1.96. The molecule has 0 heterocycles. The lowest BCUT2D eigenvalue weighted by atomic mass is 9.98. The maximum absolute atomic E-state index is 12.6. The van der Waals surface area contributed by atoms with E-state index in [-0.39, 0.29) is 5.78 Å². The van der Waals surface area contributed by atoms with Gasteiger partial charge >= 0.3 is 0 Å². The number of methoxy groups -OCH3 is 2. The van der Waals surface area contributed by atoms with Crippen LogP contribution in [-0.2, 0) is 0 Å². The van der Waals surface area contributed by atoms with Crippen molar-refractivity contribution in [2.75, 3.05) is 14.2 Å². The van der Waals surface area contributed by atoms with Gasteiger partial charge in [0, 0.05) is 21.2 Å². The molecule has 2 rings (SSSR count). The summed E-state index contributed by atoms with van der Waals surface area (Å²) in [5.41, 5.74) is 1.11. The molecule has 0 aliphatic rings. The number of benzene rings is 2. The van der Waals surface area contributed by atoms with Crippen molar-refractivity contribution in [2.24, 2.45) is 0 Å². The number of hydrogen-bond donors (Lipinski definition) is 0. The van der Waals surface area contributed by atoms with Gasteiger partial charge in [0.25, 0.3) is 0 Å². The van der Waals surface area contributed by atoms with Gasteiger partial charge in [0.15, 0.2) is 23.6 Å². The molecule has 0 fully saturated rings. The van der Waals surface area contributed by atoms with Crippen LogP contribution in [0.5, 0.6) is 11.5 Å². The molecule has 0 spiro atoms. The summed E-state index contributed by atoms with van der Waals surface area (Å²) in [6.07, 6.45) is 0.667. The molecule has 0 radical (unpaired) electrons. The van der Waals surface area contributed by atoms with Crippen LogP contribution in [0.25, 0.3) is 0 Å². The molecule has 2 aromatic rings. The number of ether oxygens (including phenoxy) is 2. The quantitative estimate of drug-likeness (QED) is 0.612. The maximum atomic E-state index is 12.6. The first kappa shape index (κ1) is 15.3. The smallest absolute Gasteiger partial charge is 0.193 e. The van der Waals surface area contributed by atoms with Gasteiger partial charge in [0.2, 0.25) is 0 Å². The van der Waals surface area contributed by atoms with Crippen molar-refractivity contribution in [1.82, 2.24) is 0 Å². The van der Waals surface area contributed by atoms with Crippen LogP contribution in [0.4, 0.5) is 0 Å². The number of carbonyl (C=O) groups excluding carboxylic acids is 2. The Morgan fingerprint density at radius 2 is 1.76 bits per heavy atom. The Hall–Kier alpha value is -2.14. The summed E-state index contributed by atoms with van der Waals surface area (Å²) in [5, 5.41) is 0. The van der Waals surface area contributed by atoms with Gasteiger partial charge in [-0.2, -0.15) is 0 Å². The van der Waals surface area contributed by atoms with Crippen molar-refractivity contribution in [3.63, 3.8) is 0 Å². The normalized spacial score (nSPS) is 10.0. The predicted molar refractivity (Wildman–Crippen MR) is 82.5 cm³/mol. The van der Waals surface area contributed by atoms with Crippen LogP contribution in [0.3, 0.4) is 0 Å². The second-order valence-corrected chi connectivity index (χ2v) is 5.16. The summed E-state index contributed by atoms with van der Waals surface area (Å²) < 4.78 is 11.1. The fourth-order valence-corrected chi connectivity index (χ4v) is 2.32. The van der Waals surface area contributed by atoms with Crippen molar-refractivity contribution in [2.45, 2.75) is 0 Å². The van der Waals surface area contributed by atoms with Gasteiger partial charge in [-0.25, -0.2) is 0 Å². The van der Waals surface area contributed by atoms with Crippen LogP contribution in [0.2, 0.25) is 0 Å². The van der Waals surface area contributed by atoms with Gasteiger partial charge in [-0.1, -0.05) is 15.9 Å². The summed E-state index contributed by atoms with van der Waals surface area (Å²) in [5.74, 6) is 0.754. The molecule has 0 saturated heterocycles. The molecule has 0 bridgehead atoms. The first-order valence-electron chi connectivity index (χ1n) is 6.12. The second-order valence-electron chi connectivity index (χ2n) is 4.25. The van der Waals surface area contributed by atoms with Crippen LogP contribution in [0, 0.1) is 0 Å². The lowest BCUT2D eigenvalue weighted by molar-refractivity contribution is 0.102. The van der Waals surface area contributed by atoms with E-state index in [1.165, 1.54) is 14.2 Å². The van der Waals surface area contributed by atoms with Gasteiger partial charge in [0.1, 0.15) is 0 Å². The van der Waals surface area contributed by atoms with Crippen molar-refractivity contribution in [3.05, 3.63) is 57.6 Å². The highest BCUT2D eigenvalue weighted by Gasteiger charge is 2.16. The van der Waals surface area contributed by atoms with E-state index in [9.17, 15) is 9.59 Å². The van der Waals surface area contributed by atoms with Crippen LogP contribution < -0.4 is 9.47 Å². The molecule has 5 heteroatoms. The number of ketones is 1. The van der Waals surface area contributed by atoms with Gasteiger partial charge in [-0.15, -0.1) is 0 Å². The van der Waals surface area contributed by atoms with Crippen LogP contribution in [0.15, 0.2) is 40.9 Å². The third-order valence-electron chi connectivity index (χ3n) is 3.03. The van der Waals surface area contributed by atoms with E-state index in [2.05, 4.69) is 15.9 Å². The van der Waals surface area contributed by atoms with Gasteiger partial charge < -0.3 is 9.47 Å². The highest BCUT2D eigenvalue weighted by atomic mass is 79.9. The molecule has 21 heavy (non-hydrogen) atoms. The molecule has 0 aromatic heterocycles. The number of aldehydes is 1. The fraction of sp³-hybridized carbons (Fsp3) is 0.125. The van der Waals surface area contributed by atoms with Crippen LogP contribution in [-0.4, -0.2) is 26.3 Å². The van der Waals surface area contributed by atoms with E-state index in [1.807, 2.05) is 0 Å². The second kappa shape index (κ2) is 6.54. The zero-order valence-electron chi connectivity index (χ0n) is 11.6. The average Bonchev–Trinajstić information content (AvgIpc) is 2.53. The number of halogens is 1. The van der Waals surface area contributed by atoms with Gasteiger partial charge in [-0.05, 0) is 36.4 Å². The Balaban J connectivity index is 2.49. The minimum atomic E-state index is -0.251. The van der Waals surface area contributed by atoms with Crippen molar-refractivity contribution >= 4 is 28.0 Å². The molecule has 0 saturated carbocycles. The average molecular weight is 349 g/mol. The lowest BCUT2D eigenvalue weighted by Crippen LogP contribution is -2.06. The molecular weight excluding hydrogens is 336 g/mol. The van der Waals surface area contributed by atoms with Crippen molar-refractivity contribution < 1.29 is 19.1 Å². The number of hydrogen-bond acceptors (Lipinski definition) is 4. The standard InChI is InChI=1S/C16H13BrO4/c1-20-14-6-4-10(7-15(14)21-2)16(19)13-8-12(17)5-3-11(13)9-18/h3-9H,1-2H3. The van der Waals surface area contributed by atoms with Crippen molar-refractivity contribution in [1.29, 1.82) is 0 Å². The molecule has 0 unspecified atom stereocenters. The Morgan fingerprint density at radius 1 is 1.05 bits per heavy atom. The summed E-state index contributed by atoms with van der Waals surface area (Å²) in [7, 11) is 3.03. The topological polar surface area (TPSA) is 52.6 Å². The summed E-state index contributed by atoms with van der Waals surface area (Å²) in [6.45, 7) is 0. The predicted octanol–water partition coefficient (Wildman–Crippen LogP) is 3.51. The number of carbonyl (C=O) groups is 2. The highest BCUT2D eigenvalue weighted by Crippen LogP contribution is 2.29. The molecule has 108 valence electrons. The highest BCUT2D eigenvalue weighted by molar-refractivity contribution is 9.10. The van der Waals surface area contributed by atoms with Crippen LogP contribution in [0.1, 0.15) is 26.3 Å². The Kier molecular flexibility index (Phi) is 4.75. The Bertz CT molecular complexity index is 695. The molecule has 0 aliphatic carbocycles. The largest absolute Gasteiger partial charge is 0.493 e. The Morgan fingerprint density at radius 3 is 2.38 bits per heavy atom. The van der Waals surface area contributed by atoms with Crippen molar-refractivity contribution in [3.8, 4) is 11.5 Å².